The highest BCUT2D eigenvalue weighted by atomic mass is 14.9. The standard InChI is InChI=1S/C17H17N3/c1-12-8-9-14(11-20-12)16(18-2)15-7-3-5-13-6-4-10-19-17(13)15/h3-11,16,18H,1-2H3. The van der Waals surface area contributed by atoms with Gasteiger partial charge in [0.05, 0.1) is 11.6 Å². The van der Waals surface area contributed by atoms with Crippen LogP contribution in [0.3, 0.4) is 0 Å². The van der Waals surface area contributed by atoms with Gasteiger partial charge in [0, 0.05) is 23.5 Å². The number of benzene rings is 1. The van der Waals surface area contributed by atoms with Gasteiger partial charge in [-0.05, 0) is 37.2 Å². The molecule has 1 unspecified atom stereocenters. The van der Waals surface area contributed by atoms with E-state index in [4.69, 9.17) is 0 Å². The Morgan fingerprint density at radius 3 is 2.60 bits per heavy atom. The molecule has 3 rings (SSSR count). The predicted octanol–water partition coefficient (Wildman–Crippen LogP) is 3.25. The second-order valence-corrected chi connectivity index (χ2v) is 4.88. The summed E-state index contributed by atoms with van der Waals surface area (Å²) in [6.07, 6.45) is 3.77. The molecule has 0 saturated heterocycles. The summed E-state index contributed by atoms with van der Waals surface area (Å²) < 4.78 is 0. The number of rotatable bonds is 3. The highest BCUT2D eigenvalue weighted by Gasteiger charge is 2.15. The van der Waals surface area contributed by atoms with Gasteiger partial charge >= 0.3 is 0 Å². The fourth-order valence-electron chi connectivity index (χ4n) is 2.51. The lowest BCUT2D eigenvalue weighted by Crippen LogP contribution is -2.18. The Balaban J connectivity index is 2.14. The number of aromatic nitrogens is 2. The summed E-state index contributed by atoms with van der Waals surface area (Å²) in [6, 6.07) is 14.6. The van der Waals surface area contributed by atoms with Crippen molar-refractivity contribution < 1.29 is 0 Å². The molecule has 0 spiro atoms. The monoisotopic (exact) mass is 263 g/mol. The van der Waals surface area contributed by atoms with E-state index in [0.717, 1.165) is 22.2 Å². The molecule has 0 saturated carbocycles. The summed E-state index contributed by atoms with van der Waals surface area (Å²) in [5.74, 6) is 0. The molecule has 0 radical (unpaired) electrons. The Morgan fingerprint density at radius 1 is 1.00 bits per heavy atom. The van der Waals surface area contributed by atoms with E-state index in [1.807, 2.05) is 38.5 Å². The number of pyridine rings is 2. The molecule has 0 bridgehead atoms. The van der Waals surface area contributed by atoms with E-state index in [9.17, 15) is 0 Å². The minimum atomic E-state index is 0.0988. The molecule has 3 aromatic rings. The summed E-state index contributed by atoms with van der Waals surface area (Å²) in [7, 11) is 1.96. The van der Waals surface area contributed by atoms with Crippen molar-refractivity contribution in [1.82, 2.24) is 15.3 Å². The summed E-state index contributed by atoms with van der Waals surface area (Å²) in [5, 5.41) is 4.52. The van der Waals surface area contributed by atoms with Crippen molar-refractivity contribution in [2.45, 2.75) is 13.0 Å². The molecule has 0 amide bonds. The molecule has 1 N–H and O–H groups in total. The van der Waals surface area contributed by atoms with Crippen molar-refractivity contribution in [3.63, 3.8) is 0 Å². The van der Waals surface area contributed by atoms with Gasteiger partial charge in [0.2, 0.25) is 0 Å². The number of para-hydroxylation sites is 1. The zero-order valence-corrected chi connectivity index (χ0v) is 11.7. The Labute approximate surface area is 118 Å². The van der Waals surface area contributed by atoms with Crippen molar-refractivity contribution in [2.75, 3.05) is 7.05 Å². The maximum Gasteiger partial charge on any atom is 0.0753 e. The van der Waals surface area contributed by atoms with Crippen LogP contribution in [0.2, 0.25) is 0 Å². The van der Waals surface area contributed by atoms with Gasteiger partial charge in [-0.3, -0.25) is 9.97 Å². The first-order valence-corrected chi connectivity index (χ1v) is 6.73. The van der Waals surface area contributed by atoms with E-state index in [1.165, 1.54) is 5.56 Å². The predicted molar refractivity (Wildman–Crippen MR) is 81.6 cm³/mol. The number of hydrogen-bond donors (Lipinski definition) is 1. The molecular weight excluding hydrogens is 246 g/mol. The maximum absolute atomic E-state index is 4.53. The van der Waals surface area contributed by atoms with Crippen LogP contribution in [0, 0.1) is 6.92 Å². The highest BCUT2D eigenvalue weighted by molar-refractivity contribution is 5.82. The third-order valence-electron chi connectivity index (χ3n) is 3.53. The lowest BCUT2D eigenvalue weighted by molar-refractivity contribution is 0.692. The minimum absolute atomic E-state index is 0.0988. The van der Waals surface area contributed by atoms with Crippen molar-refractivity contribution in [2.24, 2.45) is 0 Å². The molecule has 2 aromatic heterocycles. The molecule has 0 aliphatic rings. The first-order chi connectivity index (χ1) is 9.79. The van der Waals surface area contributed by atoms with Gasteiger partial charge in [0.15, 0.2) is 0 Å². The second kappa shape index (κ2) is 5.39. The van der Waals surface area contributed by atoms with E-state index in [-0.39, 0.29) is 6.04 Å². The number of hydrogen-bond acceptors (Lipinski definition) is 3. The molecule has 20 heavy (non-hydrogen) atoms. The summed E-state index contributed by atoms with van der Waals surface area (Å²) in [5.41, 5.74) is 4.39. The smallest absolute Gasteiger partial charge is 0.0753 e. The van der Waals surface area contributed by atoms with Gasteiger partial charge < -0.3 is 5.32 Å². The number of nitrogens with one attached hydrogen (secondary N) is 1. The zero-order chi connectivity index (χ0) is 13.9. The van der Waals surface area contributed by atoms with Crippen molar-refractivity contribution >= 4 is 10.9 Å². The van der Waals surface area contributed by atoms with Gasteiger partial charge in [-0.2, -0.15) is 0 Å². The largest absolute Gasteiger partial charge is 0.309 e. The van der Waals surface area contributed by atoms with Crippen LogP contribution in [0.4, 0.5) is 0 Å². The number of nitrogens with zero attached hydrogens (tertiary/aromatic N) is 2. The van der Waals surface area contributed by atoms with Crippen molar-refractivity contribution in [3.8, 4) is 0 Å². The van der Waals surface area contributed by atoms with E-state index in [2.05, 4.69) is 45.6 Å². The van der Waals surface area contributed by atoms with Crippen molar-refractivity contribution in [3.05, 3.63) is 71.7 Å². The summed E-state index contributed by atoms with van der Waals surface area (Å²) in [6.45, 7) is 2.00. The molecular formula is C17H17N3. The van der Waals surface area contributed by atoms with Crippen LogP contribution in [-0.2, 0) is 0 Å². The molecule has 0 fully saturated rings. The lowest BCUT2D eigenvalue weighted by Gasteiger charge is -2.18. The fourth-order valence-corrected chi connectivity index (χ4v) is 2.51. The second-order valence-electron chi connectivity index (χ2n) is 4.88. The average molecular weight is 263 g/mol. The van der Waals surface area contributed by atoms with E-state index >= 15 is 0 Å². The summed E-state index contributed by atoms with van der Waals surface area (Å²) in [4.78, 5) is 8.93. The third kappa shape index (κ3) is 2.28. The van der Waals surface area contributed by atoms with Crippen LogP contribution >= 0.6 is 0 Å². The number of fused-ring (bicyclic) bond motifs is 1. The van der Waals surface area contributed by atoms with Crippen LogP contribution in [0.15, 0.2) is 54.9 Å². The van der Waals surface area contributed by atoms with Crippen LogP contribution in [-0.4, -0.2) is 17.0 Å². The van der Waals surface area contributed by atoms with E-state index in [1.54, 1.807) is 0 Å². The number of aryl methyl sites for hydroxylation is 1. The molecule has 100 valence electrons. The minimum Gasteiger partial charge on any atom is -0.309 e. The molecule has 3 nitrogen and oxygen atoms in total. The van der Waals surface area contributed by atoms with Gasteiger partial charge in [0.25, 0.3) is 0 Å². The topological polar surface area (TPSA) is 37.8 Å². The van der Waals surface area contributed by atoms with Crippen LogP contribution in [0.1, 0.15) is 22.9 Å². The highest BCUT2D eigenvalue weighted by Crippen LogP contribution is 2.27. The lowest BCUT2D eigenvalue weighted by atomic mass is 9.97. The van der Waals surface area contributed by atoms with E-state index < -0.39 is 0 Å². The quantitative estimate of drug-likeness (QED) is 0.788. The SMILES string of the molecule is CNC(c1ccc(C)nc1)c1cccc2cccnc12. The third-order valence-corrected chi connectivity index (χ3v) is 3.53. The molecule has 2 heterocycles. The Kier molecular flexibility index (Phi) is 3.44. The maximum atomic E-state index is 4.53. The van der Waals surface area contributed by atoms with Crippen LogP contribution < -0.4 is 5.32 Å². The van der Waals surface area contributed by atoms with Gasteiger partial charge in [-0.25, -0.2) is 0 Å². The van der Waals surface area contributed by atoms with Crippen molar-refractivity contribution in [1.29, 1.82) is 0 Å². The first-order valence-electron chi connectivity index (χ1n) is 6.73. The average Bonchev–Trinajstić information content (AvgIpc) is 2.50. The molecule has 0 aliphatic carbocycles. The Hall–Kier alpha value is -2.26. The molecule has 1 atom stereocenters. The summed E-state index contributed by atoms with van der Waals surface area (Å²) >= 11 is 0. The Morgan fingerprint density at radius 2 is 1.85 bits per heavy atom. The van der Waals surface area contributed by atoms with E-state index in [0.29, 0.717) is 0 Å². The first kappa shape index (κ1) is 12.8. The molecule has 0 aliphatic heterocycles. The molecule has 3 heteroatoms. The molecule has 1 aromatic carbocycles. The van der Waals surface area contributed by atoms with Gasteiger partial charge in [-0.1, -0.05) is 30.3 Å². The van der Waals surface area contributed by atoms with Crippen LogP contribution in [0.5, 0.6) is 0 Å². The fraction of sp³-hybridized carbons (Fsp3) is 0.176. The Bertz CT molecular complexity index is 714. The zero-order valence-electron chi connectivity index (χ0n) is 11.7. The van der Waals surface area contributed by atoms with Gasteiger partial charge in [0.1, 0.15) is 0 Å². The normalized spacial score (nSPS) is 12.5. The van der Waals surface area contributed by atoms with Gasteiger partial charge in [-0.15, -0.1) is 0 Å². The van der Waals surface area contributed by atoms with Crippen LogP contribution in [0.25, 0.3) is 10.9 Å².